The minimum atomic E-state index is -1.09. The molecule has 4 N–H and O–H groups in total. The van der Waals surface area contributed by atoms with Gasteiger partial charge in [-0.25, -0.2) is 0 Å². The maximum Gasteiger partial charge on any atom is 0.303 e. The number of hydrazine groups is 1. The van der Waals surface area contributed by atoms with Crippen molar-refractivity contribution in [3.63, 3.8) is 0 Å². The molecule has 0 spiro atoms. The fourth-order valence-electron chi connectivity index (χ4n) is 1.13. The largest absolute Gasteiger partial charge is 0.508 e. The first-order valence-electron chi connectivity index (χ1n) is 5.09. The van der Waals surface area contributed by atoms with E-state index in [4.69, 9.17) is 10.2 Å². The molecule has 0 atom stereocenters. The zero-order valence-electron chi connectivity index (χ0n) is 9.34. The van der Waals surface area contributed by atoms with Gasteiger partial charge in [0.15, 0.2) is 0 Å². The van der Waals surface area contributed by atoms with Crippen molar-refractivity contribution in [1.82, 2.24) is 10.9 Å². The summed E-state index contributed by atoms with van der Waals surface area (Å²) in [5.41, 5.74) is 4.35. The Labute approximate surface area is 102 Å². The number of phenolic OH excluding ortho intramolecular Hbond substituents is 1. The number of aromatic hydroxyl groups is 1. The Hall–Kier alpha value is -2.57. The van der Waals surface area contributed by atoms with E-state index in [9.17, 15) is 14.4 Å². The van der Waals surface area contributed by atoms with Crippen molar-refractivity contribution in [2.75, 3.05) is 0 Å². The van der Waals surface area contributed by atoms with Crippen molar-refractivity contribution in [1.29, 1.82) is 0 Å². The van der Waals surface area contributed by atoms with Crippen LogP contribution in [0.1, 0.15) is 23.2 Å². The fourth-order valence-corrected chi connectivity index (χ4v) is 1.13. The maximum absolute atomic E-state index is 11.5. The number of carbonyl (C=O) groups is 3. The normalized spacial score (nSPS) is 9.56. The second kappa shape index (κ2) is 6.24. The first-order chi connectivity index (χ1) is 8.49. The van der Waals surface area contributed by atoms with Crippen molar-refractivity contribution >= 4 is 17.8 Å². The highest BCUT2D eigenvalue weighted by Gasteiger charge is 2.08. The van der Waals surface area contributed by atoms with Crippen LogP contribution in [-0.4, -0.2) is 28.0 Å². The first kappa shape index (κ1) is 13.5. The number of hydrogen-bond acceptors (Lipinski definition) is 4. The van der Waals surface area contributed by atoms with E-state index in [1.54, 1.807) is 0 Å². The number of benzene rings is 1. The lowest BCUT2D eigenvalue weighted by molar-refractivity contribution is -0.138. The highest BCUT2D eigenvalue weighted by Crippen LogP contribution is 2.10. The van der Waals surface area contributed by atoms with Crippen molar-refractivity contribution in [3.8, 4) is 5.75 Å². The van der Waals surface area contributed by atoms with Gasteiger partial charge in [-0.1, -0.05) is 6.07 Å². The summed E-state index contributed by atoms with van der Waals surface area (Å²) in [4.78, 5) is 32.8. The van der Waals surface area contributed by atoms with E-state index in [0.717, 1.165) is 0 Å². The third kappa shape index (κ3) is 4.52. The molecule has 0 fully saturated rings. The summed E-state index contributed by atoms with van der Waals surface area (Å²) >= 11 is 0. The Morgan fingerprint density at radius 3 is 2.44 bits per heavy atom. The van der Waals surface area contributed by atoms with Crippen LogP contribution in [0.3, 0.4) is 0 Å². The molecule has 1 aromatic rings. The van der Waals surface area contributed by atoms with Crippen LogP contribution in [0.15, 0.2) is 24.3 Å². The van der Waals surface area contributed by atoms with Gasteiger partial charge in [-0.2, -0.15) is 0 Å². The van der Waals surface area contributed by atoms with Crippen molar-refractivity contribution < 1.29 is 24.6 Å². The number of phenols is 1. The highest BCUT2D eigenvalue weighted by atomic mass is 16.4. The molecular weight excluding hydrogens is 240 g/mol. The van der Waals surface area contributed by atoms with Crippen LogP contribution < -0.4 is 10.9 Å². The summed E-state index contributed by atoms with van der Waals surface area (Å²) in [5, 5.41) is 17.5. The summed E-state index contributed by atoms with van der Waals surface area (Å²) < 4.78 is 0. The molecule has 1 rings (SSSR count). The monoisotopic (exact) mass is 252 g/mol. The summed E-state index contributed by atoms with van der Waals surface area (Å²) in [6.45, 7) is 0. The second-order valence-electron chi connectivity index (χ2n) is 3.45. The van der Waals surface area contributed by atoms with E-state index in [0.29, 0.717) is 0 Å². The molecule has 0 saturated carbocycles. The Morgan fingerprint density at radius 1 is 1.11 bits per heavy atom. The van der Waals surface area contributed by atoms with Crippen molar-refractivity contribution in [2.45, 2.75) is 12.8 Å². The lowest BCUT2D eigenvalue weighted by atomic mass is 10.2. The van der Waals surface area contributed by atoms with E-state index >= 15 is 0 Å². The molecule has 0 aliphatic heterocycles. The van der Waals surface area contributed by atoms with Gasteiger partial charge < -0.3 is 10.2 Å². The number of carboxylic acids is 1. The molecular formula is C11H12N2O5. The van der Waals surface area contributed by atoms with E-state index in [2.05, 4.69) is 10.9 Å². The Bertz CT molecular complexity index is 472. The number of nitrogens with one attached hydrogen (secondary N) is 2. The van der Waals surface area contributed by atoms with Gasteiger partial charge in [-0.3, -0.25) is 25.2 Å². The topological polar surface area (TPSA) is 116 Å². The number of amides is 2. The van der Waals surface area contributed by atoms with Gasteiger partial charge in [0.1, 0.15) is 5.75 Å². The highest BCUT2D eigenvalue weighted by molar-refractivity contribution is 5.95. The second-order valence-corrected chi connectivity index (χ2v) is 3.45. The molecule has 0 heterocycles. The molecule has 0 bridgehead atoms. The molecule has 0 unspecified atom stereocenters. The predicted octanol–water partition coefficient (Wildman–Crippen LogP) is 0.0180. The molecule has 18 heavy (non-hydrogen) atoms. The van der Waals surface area contributed by atoms with E-state index < -0.39 is 17.8 Å². The van der Waals surface area contributed by atoms with E-state index in [1.807, 2.05) is 0 Å². The van der Waals surface area contributed by atoms with E-state index in [-0.39, 0.29) is 24.2 Å². The maximum atomic E-state index is 11.5. The average molecular weight is 252 g/mol. The zero-order chi connectivity index (χ0) is 13.5. The van der Waals surface area contributed by atoms with Gasteiger partial charge in [0.05, 0.1) is 6.42 Å². The van der Waals surface area contributed by atoms with Gasteiger partial charge in [-0.05, 0) is 18.2 Å². The smallest absolute Gasteiger partial charge is 0.303 e. The Morgan fingerprint density at radius 2 is 1.83 bits per heavy atom. The fraction of sp³-hybridized carbons (Fsp3) is 0.182. The van der Waals surface area contributed by atoms with Crippen LogP contribution in [0.4, 0.5) is 0 Å². The average Bonchev–Trinajstić information content (AvgIpc) is 2.33. The SMILES string of the molecule is O=C(O)CCC(=O)NNC(=O)c1cccc(O)c1. The van der Waals surface area contributed by atoms with E-state index in [1.165, 1.54) is 24.3 Å². The number of carboxylic acid groups (broad SMARTS) is 1. The molecule has 96 valence electrons. The van der Waals surface area contributed by atoms with Crippen molar-refractivity contribution in [3.05, 3.63) is 29.8 Å². The Kier molecular flexibility index (Phi) is 4.67. The minimum Gasteiger partial charge on any atom is -0.508 e. The predicted molar refractivity (Wildman–Crippen MR) is 60.6 cm³/mol. The van der Waals surface area contributed by atoms with Crippen LogP contribution in [0.2, 0.25) is 0 Å². The van der Waals surface area contributed by atoms with Crippen molar-refractivity contribution in [2.24, 2.45) is 0 Å². The summed E-state index contributed by atoms with van der Waals surface area (Å²) in [7, 11) is 0. The lowest BCUT2D eigenvalue weighted by Crippen LogP contribution is -2.41. The molecule has 7 heteroatoms. The lowest BCUT2D eigenvalue weighted by Gasteiger charge is -2.06. The first-order valence-corrected chi connectivity index (χ1v) is 5.09. The molecule has 1 aromatic carbocycles. The third-order valence-electron chi connectivity index (χ3n) is 1.99. The number of carbonyl (C=O) groups excluding carboxylic acids is 2. The van der Waals surface area contributed by atoms with Crippen LogP contribution in [0.25, 0.3) is 0 Å². The molecule has 0 aliphatic carbocycles. The molecule has 0 aliphatic rings. The van der Waals surface area contributed by atoms with Crippen LogP contribution in [0, 0.1) is 0 Å². The summed E-state index contributed by atoms with van der Waals surface area (Å²) in [6.07, 6.45) is -0.538. The molecule has 0 saturated heterocycles. The molecule has 0 aromatic heterocycles. The van der Waals surface area contributed by atoms with Gasteiger partial charge >= 0.3 is 5.97 Å². The molecule has 7 nitrogen and oxygen atoms in total. The summed E-state index contributed by atoms with van der Waals surface area (Å²) in [6, 6.07) is 5.58. The minimum absolute atomic E-state index is 0.0696. The summed E-state index contributed by atoms with van der Waals surface area (Å²) in [5.74, 6) is -2.37. The van der Waals surface area contributed by atoms with Gasteiger partial charge in [0.2, 0.25) is 5.91 Å². The van der Waals surface area contributed by atoms with Gasteiger partial charge in [0, 0.05) is 12.0 Å². The molecule has 0 radical (unpaired) electrons. The number of aliphatic carboxylic acids is 1. The molecule has 2 amide bonds. The number of rotatable bonds is 4. The zero-order valence-corrected chi connectivity index (χ0v) is 9.34. The van der Waals surface area contributed by atoms with Crippen LogP contribution >= 0.6 is 0 Å². The van der Waals surface area contributed by atoms with Crippen LogP contribution in [-0.2, 0) is 9.59 Å². The standard InChI is InChI=1S/C11H12N2O5/c14-8-3-1-2-7(6-8)11(18)13-12-9(15)4-5-10(16)17/h1-3,6,14H,4-5H2,(H,12,15)(H,13,18)(H,16,17). The van der Waals surface area contributed by atoms with Crippen LogP contribution in [0.5, 0.6) is 5.75 Å². The third-order valence-corrected chi connectivity index (χ3v) is 1.99. The Balaban J connectivity index is 2.42. The van der Waals surface area contributed by atoms with Gasteiger partial charge in [0.25, 0.3) is 5.91 Å². The number of hydrogen-bond donors (Lipinski definition) is 4. The van der Waals surface area contributed by atoms with Gasteiger partial charge in [-0.15, -0.1) is 0 Å². The quantitative estimate of drug-likeness (QED) is 0.564.